The van der Waals surface area contributed by atoms with Gasteiger partial charge >= 0.3 is 18.1 Å². The molecule has 0 radical (unpaired) electrons. The quantitative estimate of drug-likeness (QED) is 0.170. The van der Waals surface area contributed by atoms with E-state index in [1.165, 1.54) is 38.3 Å². The average Bonchev–Trinajstić information content (AvgIpc) is 2.87. The molecule has 198 valence electrons. The van der Waals surface area contributed by atoms with Gasteiger partial charge in [-0.2, -0.15) is 0 Å². The Morgan fingerprint density at radius 2 is 1.81 bits per heavy atom. The van der Waals surface area contributed by atoms with E-state index in [0.717, 1.165) is 0 Å². The van der Waals surface area contributed by atoms with Crippen molar-refractivity contribution in [2.24, 2.45) is 0 Å². The zero-order valence-corrected chi connectivity index (χ0v) is 20.3. The second-order valence-corrected chi connectivity index (χ2v) is 7.86. The van der Waals surface area contributed by atoms with Crippen molar-refractivity contribution in [2.45, 2.75) is 44.9 Å². The molecule has 3 rings (SSSR count). The Labute approximate surface area is 211 Å². The number of methoxy groups -OCH3 is 1. The number of carbonyl (C=O) groups is 3. The number of anilines is 1. The molecule has 2 aromatic rings. The van der Waals surface area contributed by atoms with E-state index in [1.807, 2.05) is 0 Å². The molecule has 13 nitrogen and oxygen atoms in total. The van der Waals surface area contributed by atoms with Crippen molar-refractivity contribution in [1.29, 1.82) is 0 Å². The Morgan fingerprint density at radius 1 is 1.11 bits per heavy atom. The smallest absolute Gasteiger partial charge is 0.467 e. The molecular weight excluding hydrogens is 492 g/mol. The van der Waals surface area contributed by atoms with Crippen molar-refractivity contribution < 1.29 is 47.7 Å². The van der Waals surface area contributed by atoms with Crippen LogP contribution in [0, 0.1) is 10.1 Å². The number of hydrogen-bond donors (Lipinski definition) is 1. The molecule has 37 heavy (non-hydrogen) atoms. The summed E-state index contributed by atoms with van der Waals surface area (Å²) in [6, 6.07) is 9.91. The summed E-state index contributed by atoms with van der Waals surface area (Å²) in [4.78, 5) is 45.6. The van der Waals surface area contributed by atoms with Crippen LogP contribution in [0.3, 0.4) is 0 Å². The Morgan fingerprint density at radius 3 is 2.43 bits per heavy atom. The lowest BCUT2D eigenvalue weighted by Gasteiger charge is -2.33. The second kappa shape index (κ2) is 12.5. The van der Waals surface area contributed by atoms with E-state index in [2.05, 4.69) is 5.32 Å². The molecule has 13 heteroatoms. The van der Waals surface area contributed by atoms with Gasteiger partial charge in [0.1, 0.15) is 24.2 Å². The monoisotopic (exact) mass is 518 g/mol. The molecule has 0 aliphatic carbocycles. The number of nitro benzene ring substituents is 1. The van der Waals surface area contributed by atoms with Crippen LogP contribution in [0.25, 0.3) is 0 Å². The fourth-order valence-corrected chi connectivity index (χ4v) is 3.57. The molecule has 2 aromatic carbocycles. The van der Waals surface area contributed by atoms with Crippen molar-refractivity contribution in [1.82, 2.24) is 0 Å². The number of nitrogens with zero attached hydrogens (tertiary/aromatic N) is 1. The molecule has 1 fully saturated rings. The van der Waals surface area contributed by atoms with Gasteiger partial charge in [-0.05, 0) is 24.3 Å². The van der Waals surface area contributed by atoms with Crippen molar-refractivity contribution in [3.05, 3.63) is 58.1 Å². The van der Waals surface area contributed by atoms with Crippen LogP contribution >= 0.6 is 0 Å². The fourth-order valence-electron chi connectivity index (χ4n) is 3.57. The summed E-state index contributed by atoms with van der Waals surface area (Å²) in [5.41, 5.74) is 1.05. The van der Waals surface area contributed by atoms with Crippen LogP contribution in [0.2, 0.25) is 0 Å². The van der Waals surface area contributed by atoms with Gasteiger partial charge in [0.15, 0.2) is 6.10 Å². The fraction of sp³-hybridized carbons (Fsp3) is 0.375. The first-order chi connectivity index (χ1) is 17.7. The van der Waals surface area contributed by atoms with E-state index in [1.54, 1.807) is 25.2 Å². The minimum atomic E-state index is -0.989. The molecule has 1 N–H and O–H groups in total. The maximum atomic E-state index is 12.0. The maximum Gasteiger partial charge on any atom is 0.514 e. The summed E-state index contributed by atoms with van der Waals surface area (Å²) < 4.78 is 31.7. The molecule has 1 aliphatic heterocycles. The average molecular weight is 518 g/mol. The predicted molar refractivity (Wildman–Crippen MR) is 126 cm³/mol. The number of ether oxygens (including phenoxy) is 6. The van der Waals surface area contributed by atoms with Crippen molar-refractivity contribution in [2.75, 3.05) is 19.5 Å². The molecule has 0 bridgehead atoms. The molecule has 0 amide bonds. The maximum absolute atomic E-state index is 12.0. The van der Waals surface area contributed by atoms with Gasteiger partial charge in [0.25, 0.3) is 5.69 Å². The molecule has 1 heterocycles. The van der Waals surface area contributed by atoms with Gasteiger partial charge in [-0.15, -0.1) is 0 Å². The minimum Gasteiger partial charge on any atom is -0.467 e. The number of hydrogen-bond acceptors (Lipinski definition) is 12. The summed E-state index contributed by atoms with van der Waals surface area (Å²) in [5, 5.41) is 13.7. The molecule has 1 saturated heterocycles. The van der Waals surface area contributed by atoms with E-state index >= 15 is 0 Å². The zero-order chi connectivity index (χ0) is 26.9. The Hall–Kier alpha value is -4.39. The van der Waals surface area contributed by atoms with E-state index in [9.17, 15) is 24.5 Å². The number of non-ortho nitro benzene ring substituents is 1. The third-order valence-electron chi connectivity index (χ3n) is 5.26. The first-order valence-corrected chi connectivity index (χ1v) is 11.2. The van der Waals surface area contributed by atoms with Crippen molar-refractivity contribution in [3.63, 3.8) is 0 Å². The number of carbonyl (C=O) groups excluding carboxylic acids is 3. The molecular formula is C24H26N2O11. The van der Waals surface area contributed by atoms with Gasteiger partial charge in [0.05, 0.1) is 12.0 Å². The van der Waals surface area contributed by atoms with E-state index in [0.29, 0.717) is 17.0 Å². The van der Waals surface area contributed by atoms with E-state index in [4.69, 9.17) is 28.4 Å². The van der Waals surface area contributed by atoms with E-state index in [-0.39, 0.29) is 30.9 Å². The van der Waals surface area contributed by atoms with Gasteiger partial charge in [-0.1, -0.05) is 0 Å². The lowest BCUT2D eigenvalue weighted by atomic mass is 10.0. The highest BCUT2D eigenvalue weighted by Crippen LogP contribution is 2.29. The number of nitro groups is 1. The number of benzene rings is 2. The van der Waals surface area contributed by atoms with Crippen LogP contribution in [-0.2, 0) is 35.1 Å². The van der Waals surface area contributed by atoms with Gasteiger partial charge in [0, 0.05) is 56.3 Å². The third kappa shape index (κ3) is 7.80. The van der Waals surface area contributed by atoms with Crippen molar-refractivity contribution in [3.8, 4) is 11.5 Å². The summed E-state index contributed by atoms with van der Waals surface area (Å²) in [6.07, 6.45) is -3.05. The van der Waals surface area contributed by atoms with Crippen LogP contribution in [0.1, 0.15) is 25.3 Å². The first kappa shape index (κ1) is 27.2. The van der Waals surface area contributed by atoms with Crippen LogP contribution in [0.15, 0.2) is 42.5 Å². The zero-order valence-electron chi connectivity index (χ0n) is 20.3. The molecule has 0 saturated carbocycles. The summed E-state index contributed by atoms with van der Waals surface area (Å²) in [7, 11) is 2.90. The minimum absolute atomic E-state index is 0.0954. The molecule has 0 spiro atoms. The SMILES string of the molecule is CNc1cc(OC2CC(OC(C)=O)CC(C(=O)OC)O2)ccc1COC(=O)Oc1ccc([N+](=O)[O-])cc1. The standard InChI is InChI=1S/C24H26N2O11/c1-14(27)34-19-11-21(23(28)32-3)37-22(12-19)35-18-7-4-15(20(10-18)25-2)13-33-24(29)36-17-8-5-16(6-9-17)26(30)31/h4-10,19,21-22,25H,11-13H2,1-3H3. The Balaban J connectivity index is 1.61. The highest BCUT2D eigenvalue weighted by Gasteiger charge is 2.37. The molecule has 3 atom stereocenters. The molecule has 1 aliphatic rings. The van der Waals surface area contributed by atoms with Gasteiger partial charge in [-0.3, -0.25) is 14.9 Å². The molecule has 0 aromatic heterocycles. The highest BCUT2D eigenvalue weighted by molar-refractivity contribution is 5.75. The number of esters is 2. The molecule has 3 unspecified atom stereocenters. The Kier molecular flexibility index (Phi) is 9.21. The van der Waals surface area contributed by atoms with Crippen LogP contribution in [0.5, 0.6) is 11.5 Å². The van der Waals surface area contributed by atoms with Gasteiger partial charge in [-0.25, -0.2) is 9.59 Å². The van der Waals surface area contributed by atoms with Crippen LogP contribution in [-0.4, -0.2) is 55.7 Å². The van der Waals surface area contributed by atoms with Gasteiger partial charge in [0.2, 0.25) is 6.29 Å². The predicted octanol–water partition coefficient (Wildman–Crippen LogP) is 3.34. The van der Waals surface area contributed by atoms with Crippen molar-refractivity contribution >= 4 is 29.5 Å². The van der Waals surface area contributed by atoms with Crippen LogP contribution in [0.4, 0.5) is 16.2 Å². The lowest BCUT2D eigenvalue weighted by Crippen LogP contribution is -2.44. The van der Waals surface area contributed by atoms with E-state index < -0.39 is 41.5 Å². The first-order valence-electron chi connectivity index (χ1n) is 11.2. The highest BCUT2D eigenvalue weighted by atomic mass is 16.7. The summed E-state index contributed by atoms with van der Waals surface area (Å²) in [5.74, 6) is -0.602. The lowest BCUT2D eigenvalue weighted by molar-refractivity contribution is -0.384. The Bertz CT molecular complexity index is 1140. The summed E-state index contributed by atoms with van der Waals surface area (Å²) in [6.45, 7) is 1.14. The number of rotatable bonds is 9. The normalized spacial score (nSPS) is 18.7. The largest absolute Gasteiger partial charge is 0.514 e. The summed E-state index contributed by atoms with van der Waals surface area (Å²) >= 11 is 0. The van der Waals surface area contributed by atoms with Crippen LogP contribution < -0.4 is 14.8 Å². The topological polar surface area (TPSA) is 162 Å². The third-order valence-corrected chi connectivity index (χ3v) is 5.26. The second-order valence-electron chi connectivity index (χ2n) is 7.86. The number of nitrogens with one attached hydrogen (secondary N) is 1. The van der Waals surface area contributed by atoms with Gasteiger partial charge < -0.3 is 33.7 Å².